The highest BCUT2D eigenvalue weighted by atomic mass is 16.6. The van der Waals surface area contributed by atoms with Gasteiger partial charge < -0.3 is 9.84 Å². The molecule has 0 bridgehead atoms. The van der Waals surface area contributed by atoms with Crippen LogP contribution in [0.15, 0.2) is 48.5 Å². The molecule has 3 rings (SSSR count). The molecular weight excluding hydrogens is 224 g/mol. The van der Waals surface area contributed by atoms with E-state index in [0.29, 0.717) is 6.42 Å². The molecule has 0 saturated carbocycles. The summed E-state index contributed by atoms with van der Waals surface area (Å²) in [5.74, 6) is -0.394. The van der Waals surface area contributed by atoms with Crippen molar-refractivity contribution in [3.8, 4) is 5.75 Å². The monoisotopic (exact) mass is 240 g/mol. The van der Waals surface area contributed by atoms with Crippen LogP contribution in [0.2, 0.25) is 0 Å². The lowest BCUT2D eigenvalue weighted by atomic mass is 9.92. The molecule has 0 fully saturated rings. The molecule has 1 heterocycles. The molecule has 0 aliphatic carbocycles. The average molecular weight is 240 g/mol. The Morgan fingerprint density at radius 3 is 2.61 bits per heavy atom. The number of aryl methyl sites for hydroxylation is 1. The van der Waals surface area contributed by atoms with E-state index in [1.54, 1.807) is 0 Å². The van der Waals surface area contributed by atoms with Gasteiger partial charge in [0.1, 0.15) is 5.75 Å². The van der Waals surface area contributed by atoms with E-state index >= 15 is 0 Å². The predicted molar refractivity (Wildman–Crippen MR) is 70.5 cm³/mol. The molecule has 2 nitrogen and oxygen atoms in total. The summed E-state index contributed by atoms with van der Waals surface area (Å²) < 4.78 is 5.84. The third kappa shape index (κ3) is 1.79. The summed E-state index contributed by atoms with van der Waals surface area (Å²) >= 11 is 0. The average Bonchev–Trinajstić information content (AvgIpc) is 2.40. The summed E-state index contributed by atoms with van der Waals surface area (Å²) in [6.45, 7) is 2.08. The molecule has 92 valence electrons. The fourth-order valence-electron chi connectivity index (χ4n) is 2.52. The standard InChI is InChI=1S/C16H16O2/c1-12-6-5-9-15-14(12)10-11-16(17,18-15)13-7-3-2-4-8-13/h2-9,17H,10-11H2,1H3. The van der Waals surface area contributed by atoms with E-state index < -0.39 is 5.79 Å². The van der Waals surface area contributed by atoms with Crippen LogP contribution in [-0.2, 0) is 12.2 Å². The van der Waals surface area contributed by atoms with Crippen molar-refractivity contribution in [2.45, 2.75) is 25.6 Å². The van der Waals surface area contributed by atoms with Crippen LogP contribution in [0.5, 0.6) is 5.75 Å². The molecule has 0 amide bonds. The van der Waals surface area contributed by atoms with E-state index in [2.05, 4.69) is 13.0 Å². The maximum absolute atomic E-state index is 10.7. The van der Waals surface area contributed by atoms with E-state index in [4.69, 9.17) is 4.74 Å². The summed E-state index contributed by atoms with van der Waals surface area (Å²) in [4.78, 5) is 0. The van der Waals surface area contributed by atoms with Crippen LogP contribution < -0.4 is 4.74 Å². The molecule has 0 radical (unpaired) electrons. The molecule has 1 atom stereocenters. The van der Waals surface area contributed by atoms with Gasteiger partial charge in [0.05, 0.1) is 0 Å². The minimum absolute atomic E-state index is 0.592. The number of hydrogen-bond acceptors (Lipinski definition) is 2. The second-order valence-electron chi connectivity index (χ2n) is 4.80. The van der Waals surface area contributed by atoms with Crippen LogP contribution in [0, 0.1) is 6.92 Å². The third-order valence-corrected chi connectivity index (χ3v) is 3.58. The fraction of sp³-hybridized carbons (Fsp3) is 0.250. The zero-order valence-corrected chi connectivity index (χ0v) is 10.4. The lowest BCUT2D eigenvalue weighted by Crippen LogP contribution is -2.36. The Labute approximate surface area is 107 Å². The highest BCUT2D eigenvalue weighted by Gasteiger charge is 2.36. The lowest BCUT2D eigenvalue weighted by Gasteiger charge is -2.35. The van der Waals surface area contributed by atoms with E-state index in [1.165, 1.54) is 11.1 Å². The Morgan fingerprint density at radius 2 is 1.83 bits per heavy atom. The Balaban J connectivity index is 2.00. The zero-order valence-electron chi connectivity index (χ0n) is 10.4. The van der Waals surface area contributed by atoms with Crippen molar-refractivity contribution in [2.75, 3.05) is 0 Å². The summed E-state index contributed by atoms with van der Waals surface area (Å²) in [5, 5.41) is 10.7. The van der Waals surface area contributed by atoms with E-state index in [1.807, 2.05) is 42.5 Å². The van der Waals surface area contributed by atoms with Crippen LogP contribution in [0.1, 0.15) is 23.1 Å². The van der Waals surface area contributed by atoms with E-state index in [0.717, 1.165) is 17.7 Å². The summed E-state index contributed by atoms with van der Waals surface area (Å²) in [6.07, 6.45) is 1.43. The second kappa shape index (κ2) is 4.14. The highest BCUT2D eigenvalue weighted by Crippen LogP contribution is 2.38. The first-order valence-electron chi connectivity index (χ1n) is 6.24. The van der Waals surface area contributed by atoms with Crippen LogP contribution in [0.25, 0.3) is 0 Å². The maximum atomic E-state index is 10.7. The van der Waals surface area contributed by atoms with Crippen LogP contribution in [-0.4, -0.2) is 5.11 Å². The predicted octanol–water partition coefficient (Wildman–Crippen LogP) is 3.17. The Kier molecular flexibility index (Phi) is 2.60. The summed E-state index contributed by atoms with van der Waals surface area (Å²) in [5.41, 5.74) is 3.25. The molecule has 0 spiro atoms. The largest absolute Gasteiger partial charge is 0.458 e. The van der Waals surface area contributed by atoms with Crippen LogP contribution in [0.4, 0.5) is 0 Å². The van der Waals surface area contributed by atoms with Gasteiger partial charge in [-0.05, 0) is 30.5 Å². The molecule has 1 aliphatic rings. The third-order valence-electron chi connectivity index (χ3n) is 3.58. The normalized spacial score (nSPS) is 22.1. The molecule has 1 N–H and O–H groups in total. The fourth-order valence-corrected chi connectivity index (χ4v) is 2.52. The van der Waals surface area contributed by atoms with Crippen LogP contribution in [0.3, 0.4) is 0 Å². The molecule has 18 heavy (non-hydrogen) atoms. The van der Waals surface area contributed by atoms with Gasteiger partial charge in [-0.25, -0.2) is 0 Å². The first kappa shape index (κ1) is 11.3. The van der Waals surface area contributed by atoms with E-state index in [-0.39, 0.29) is 0 Å². The van der Waals surface area contributed by atoms with Crippen molar-refractivity contribution >= 4 is 0 Å². The molecule has 1 aliphatic heterocycles. The van der Waals surface area contributed by atoms with Gasteiger partial charge in [0, 0.05) is 12.0 Å². The number of ether oxygens (including phenoxy) is 1. The molecule has 2 aromatic carbocycles. The minimum Gasteiger partial charge on any atom is -0.458 e. The Bertz CT molecular complexity index is 563. The molecule has 2 heteroatoms. The SMILES string of the molecule is Cc1cccc2c1CCC(O)(c1ccccc1)O2. The number of fused-ring (bicyclic) bond motifs is 1. The first-order chi connectivity index (χ1) is 8.69. The van der Waals surface area contributed by atoms with Gasteiger partial charge in [0.25, 0.3) is 0 Å². The topological polar surface area (TPSA) is 29.5 Å². The van der Waals surface area contributed by atoms with E-state index in [9.17, 15) is 5.11 Å². The van der Waals surface area contributed by atoms with Crippen molar-refractivity contribution < 1.29 is 9.84 Å². The molecular formula is C16H16O2. The first-order valence-corrected chi connectivity index (χ1v) is 6.24. The van der Waals surface area contributed by atoms with Gasteiger partial charge in [-0.1, -0.05) is 42.5 Å². The van der Waals surface area contributed by atoms with Gasteiger partial charge in [0.15, 0.2) is 0 Å². The molecule has 0 saturated heterocycles. The highest BCUT2D eigenvalue weighted by molar-refractivity contribution is 5.42. The quantitative estimate of drug-likeness (QED) is 0.829. The van der Waals surface area contributed by atoms with Gasteiger partial charge in [-0.2, -0.15) is 0 Å². The maximum Gasteiger partial charge on any atom is 0.235 e. The van der Waals surface area contributed by atoms with Gasteiger partial charge in [0.2, 0.25) is 5.79 Å². The van der Waals surface area contributed by atoms with Crippen molar-refractivity contribution in [1.29, 1.82) is 0 Å². The smallest absolute Gasteiger partial charge is 0.235 e. The minimum atomic E-state index is -1.19. The number of benzene rings is 2. The Morgan fingerprint density at radius 1 is 1.06 bits per heavy atom. The number of hydrogen-bond donors (Lipinski definition) is 1. The molecule has 0 aromatic heterocycles. The van der Waals surface area contributed by atoms with Gasteiger partial charge >= 0.3 is 0 Å². The molecule has 2 aromatic rings. The lowest BCUT2D eigenvalue weighted by molar-refractivity contribution is -0.158. The molecule has 1 unspecified atom stereocenters. The van der Waals surface area contributed by atoms with Crippen molar-refractivity contribution in [1.82, 2.24) is 0 Å². The van der Waals surface area contributed by atoms with Crippen molar-refractivity contribution in [2.24, 2.45) is 0 Å². The van der Waals surface area contributed by atoms with Gasteiger partial charge in [-0.15, -0.1) is 0 Å². The summed E-state index contributed by atoms with van der Waals surface area (Å²) in [6, 6.07) is 15.6. The van der Waals surface area contributed by atoms with Crippen molar-refractivity contribution in [3.05, 3.63) is 65.2 Å². The van der Waals surface area contributed by atoms with Crippen molar-refractivity contribution in [3.63, 3.8) is 0 Å². The zero-order chi connectivity index (χ0) is 12.6. The van der Waals surface area contributed by atoms with Crippen LogP contribution >= 0.6 is 0 Å². The number of rotatable bonds is 1. The number of aliphatic hydroxyl groups is 1. The second-order valence-corrected chi connectivity index (χ2v) is 4.80. The van der Waals surface area contributed by atoms with Gasteiger partial charge in [-0.3, -0.25) is 0 Å². The Hall–Kier alpha value is -1.80. The summed E-state index contributed by atoms with van der Waals surface area (Å²) in [7, 11) is 0.